The van der Waals surface area contributed by atoms with Gasteiger partial charge in [0.25, 0.3) is 0 Å². The van der Waals surface area contributed by atoms with Crippen molar-refractivity contribution in [1.29, 1.82) is 0 Å². The van der Waals surface area contributed by atoms with Crippen LogP contribution < -0.4 is 4.74 Å². The van der Waals surface area contributed by atoms with Crippen molar-refractivity contribution >= 4 is 21.8 Å². The molecule has 0 saturated heterocycles. The average molecular weight is 882 g/mol. The Hall–Kier alpha value is -4.47. The van der Waals surface area contributed by atoms with E-state index in [2.05, 4.69) is 150 Å². The molecule has 0 spiro atoms. The van der Waals surface area contributed by atoms with Gasteiger partial charge < -0.3 is 9.30 Å². The van der Waals surface area contributed by atoms with E-state index in [9.17, 15) is 0 Å². The average Bonchev–Trinajstić information content (AvgIpc) is 3.62. The van der Waals surface area contributed by atoms with Crippen LogP contribution in [0.3, 0.4) is 0 Å². The summed E-state index contributed by atoms with van der Waals surface area (Å²) in [7, 11) is 0. The van der Waals surface area contributed by atoms with Gasteiger partial charge in [-0.1, -0.05) is 95.8 Å². The largest absolute Gasteiger partial charge is 2.00 e. The molecule has 6 heteroatoms. The van der Waals surface area contributed by atoms with Crippen LogP contribution in [0.1, 0.15) is 93.6 Å². The van der Waals surface area contributed by atoms with E-state index < -0.39 is 0 Å². The first-order valence-corrected chi connectivity index (χ1v) is 18.9. The molecule has 3 heterocycles. The zero-order valence-corrected chi connectivity index (χ0v) is 34.8. The molecule has 3 aromatic heterocycles. The third kappa shape index (κ3) is 7.38. The van der Waals surface area contributed by atoms with E-state index in [0.717, 1.165) is 76.7 Å². The molecule has 5 nitrogen and oxygen atoms in total. The van der Waals surface area contributed by atoms with Gasteiger partial charge in [0.15, 0.2) is 0 Å². The van der Waals surface area contributed by atoms with Crippen molar-refractivity contribution in [1.82, 2.24) is 19.3 Å². The SMILES string of the molecule is CCCc1nn(-c2[c-]c(Oc3[c-]c4c(cc3)c3ccccc3n4-c3cc(CC)ccn3)cc(C(C)(C)C)c2)c(CCC)c1-c1c(C)cc(C)cc1C.[Pt+2]. The van der Waals surface area contributed by atoms with Crippen molar-refractivity contribution in [2.75, 3.05) is 0 Å². The van der Waals surface area contributed by atoms with E-state index in [0.29, 0.717) is 11.5 Å². The zero-order valence-electron chi connectivity index (χ0n) is 32.6. The van der Waals surface area contributed by atoms with E-state index in [1.165, 1.54) is 39.1 Å². The van der Waals surface area contributed by atoms with Gasteiger partial charge in [0, 0.05) is 34.5 Å². The molecule has 0 bridgehead atoms. The Bertz CT molecular complexity index is 2400. The topological polar surface area (TPSA) is 44.9 Å². The second-order valence-electron chi connectivity index (χ2n) is 15.2. The van der Waals surface area contributed by atoms with Crippen molar-refractivity contribution in [3.05, 3.63) is 130 Å². The van der Waals surface area contributed by atoms with Crippen LogP contribution >= 0.6 is 0 Å². The summed E-state index contributed by atoms with van der Waals surface area (Å²) in [6.45, 7) is 20.0. The number of ether oxygens (including phenoxy) is 1. The molecular formula is C47H50N4OPt. The molecule has 0 aliphatic heterocycles. The normalized spacial score (nSPS) is 11.7. The fraction of sp³-hybridized carbons (Fsp3) is 0.319. The maximum atomic E-state index is 6.75. The summed E-state index contributed by atoms with van der Waals surface area (Å²) in [4.78, 5) is 4.80. The molecule has 0 amide bonds. The molecule has 7 rings (SSSR count). The Kier molecular flexibility index (Phi) is 11.2. The first kappa shape index (κ1) is 38.3. The molecule has 0 aliphatic rings. The standard InChI is InChI=1S/C47H50N4O.Pt/c1-10-15-40-46(45-31(5)23-30(4)24-32(45)6)42(16-11-2)51(49-40)35-26-34(47(7,8)9)27-37(28-35)52-36-19-20-39-38-17-13-14-18-41(38)50(43(39)29-36)44-25-33(12-3)21-22-48-44;/h13-14,17-27H,10-12,15-16H2,1-9H3;/q-2;+2. The van der Waals surface area contributed by atoms with Crippen molar-refractivity contribution in [2.24, 2.45) is 0 Å². The molecule has 53 heavy (non-hydrogen) atoms. The van der Waals surface area contributed by atoms with Crippen LogP contribution in [0.2, 0.25) is 0 Å². The first-order valence-electron chi connectivity index (χ1n) is 18.9. The van der Waals surface area contributed by atoms with E-state index >= 15 is 0 Å². The number of hydrogen-bond donors (Lipinski definition) is 0. The van der Waals surface area contributed by atoms with Crippen molar-refractivity contribution < 1.29 is 25.8 Å². The van der Waals surface area contributed by atoms with Crippen molar-refractivity contribution in [2.45, 2.75) is 99.8 Å². The van der Waals surface area contributed by atoms with Crippen molar-refractivity contribution in [3.63, 3.8) is 0 Å². The summed E-state index contributed by atoms with van der Waals surface area (Å²) < 4.78 is 11.1. The number of fused-ring (bicyclic) bond motifs is 3. The molecule has 0 fully saturated rings. The minimum absolute atomic E-state index is 0. The van der Waals surface area contributed by atoms with Gasteiger partial charge in [-0.2, -0.15) is 11.2 Å². The van der Waals surface area contributed by atoms with Crippen LogP contribution in [-0.4, -0.2) is 19.3 Å². The second-order valence-corrected chi connectivity index (χ2v) is 15.2. The Morgan fingerprint density at radius 3 is 2.19 bits per heavy atom. The molecule has 0 N–H and O–H groups in total. The van der Waals surface area contributed by atoms with Gasteiger partial charge in [-0.05, 0) is 97.0 Å². The van der Waals surface area contributed by atoms with Crippen LogP contribution in [0, 0.1) is 32.9 Å². The second kappa shape index (κ2) is 15.5. The van der Waals surface area contributed by atoms with E-state index in [4.69, 9.17) is 14.8 Å². The van der Waals surface area contributed by atoms with Crippen LogP contribution in [0.5, 0.6) is 11.5 Å². The molecule has 0 atom stereocenters. The molecule has 0 unspecified atom stereocenters. The summed E-state index contributed by atoms with van der Waals surface area (Å²) in [5, 5.41) is 7.65. The smallest absolute Gasteiger partial charge is 0.509 e. The van der Waals surface area contributed by atoms with E-state index in [1.807, 2.05) is 12.3 Å². The number of hydrogen-bond acceptors (Lipinski definition) is 3. The van der Waals surface area contributed by atoms with Gasteiger partial charge in [-0.25, -0.2) is 4.98 Å². The molecule has 7 aromatic rings. The van der Waals surface area contributed by atoms with Gasteiger partial charge in [0.2, 0.25) is 0 Å². The Morgan fingerprint density at radius 1 is 0.755 bits per heavy atom. The maximum absolute atomic E-state index is 6.75. The van der Waals surface area contributed by atoms with Crippen LogP contribution in [0.25, 0.3) is 44.4 Å². The van der Waals surface area contributed by atoms with Crippen LogP contribution in [0.4, 0.5) is 0 Å². The quantitative estimate of drug-likeness (QED) is 0.129. The van der Waals surface area contributed by atoms with Gasteiger partial charge in [-0.15, -0.1) is 41.3 Å². The predicted octanol–water partition coefficient (Wildman–Crippen LogP) is 12.1. The zero-order chi connectivity index (χ0) is 36.7. The number of aryl methyl sites for hydroxylation is 5. The third-order valence-corrected chi connectivity index (χ3v) is 10.1. The fourth-order valence-electron chi connectivity index (χ4n) is 7.67. The van der Waals surface area contributed by atoms with Gasteiger partial charge in [0.05, 0.1) is 5.69 Å². The number of aromatic nitrogens is 4. The number of pyridine rings is 1. The summed E-state index contributed by atoms with van der Waals surface area (Å²) >= 11 is 0. The summed E-state index contributed by atoms with van der Waals surface area (Å²) in [5.74, 6) is 2.15. The van der Waals surface area contributed by atoms with Crippen molar-refractivity contribution in [3.8, 4) is 34.1 Å². The van der Waals surface area contributed by atoms with Crippen LogP contribution in [-0.2, 0) is 45.7 Å². The van der Waals surface area contributed by atoms with E-state index in [1.54, 1.807) is 0 Å². The summed E-state index contributed by atoms with van der Waals surface area (Å²) in [6, 6.07) is 33.1. The van der Waals surface area contributed by atoms with Crippen LogP contribution in [0.15, 0.2) is 79.0 Å². The fourth-order valence-corrected chi connectivity index (χ4v) is 7.67. The number of nitrogens with zero attached hydrogens (tertiary/aromatic N) is 4. The summed E-state index contributed by atoms with van der Waals surface area (Å²) in [5.41, 5.74) is 14.0. The summed E-state index contributed by atoms with van der Waals surface area (Å²) in [6.07, 6.45) is 6.68. The maximum Gasteiger partial charge on any atom is 2.00 e. The Labute approximate surface area is 329 Å². The number of benzene rings is 4. The molecular weight excluding hydrogens is 832 g/mol. The number of para-hydroxylation sites is 1. The molecule has 4 aromatic carbocycles. The predicted molar refractivity (Wildman–Crippen MR) is 216 cm³/mol. The minimum atomic E-state index is -0.130. The Balaban J connectivity index is 0.00000481. The third-order valence-electron chi connectivity index (χ3n) is 10.1. The monoisotopic (exact) mass is 881 g/mol. The molecule has 0 aliphatic carbocycles. The van der Waals surface area contributed by atoms with Gasteiger partial charge in [0.1, 0.15) is 5.82 Å². The molecule has 0 radical (unpaired) electrons. The molecule has 0 saturated carbocycles. The van der Waals surface area contributed by atoms with Gasteiger partial charge in [-0.3, -0.25) is 4.68 Å². The minimum Gasteiger partial charge on any atom is -0.509 e. The van der Waals surface area contributed by atoms with Gasteiger partial charge >= 0.3 is 21.1 Å². The van der Waals surface area contributed by atoms with E-state index in [-0.39, 0.29) is 26.5 Å². The Morgan fingerprint density at radius 2 is 1.49 bits per heavy atom. The number of rotatable bonds is 10. The molecule has 274 valence electrons. The first-order chi connectivity index (χ1) is 25.0.